The zero-order valence-corrected chi connectivity index (χ0v) is 29.6. The van der Waals surface area contributed by atoms with Crippen molar-refractivity contribution in [2.45, 2.75) is 71.2 Å². The van der Waals surface area contributed by atoms with Gasteiger partial charge in [0.25, 0.3) is 0 Å². The van der Waals surface area contributed by atoms with Crippen LogP contribution in [0.4, 0.5) is 4.79 Å². The average molecular weight is 708 g/mol. The largest absolute Gasteiger partial charge is 0.493 e. The molecule has 10 nitrogen and oxygen atoms in total. The van der Waals surface area contributed by atoms with Crippen molar-refractivity contribution in [3.63, 3.8) is 0 Å². The summed E-state index contributed by atoms with van der Waals surface area (Å²) in [5, 5.41) is 0.751. The number of ether oxygens (including phenoxy) is 6. The molecule has 46 heavy (non-hydrogen) atoms. The summed E-state index contributed by atoms with van der Waals surface area (Å²) in [5.41, 5.74) is 0.964. The normalized spacial score (nSPS) is 14.7. The van der Waals surface area contributed by atoms with Crippen LogP contribution in [0.2, 0.25) is 0 Å². The molecule has 0 aromatic heterocycles. The highest BCUT2D eigenvalue weighted by molar-refractivity contribution is 9.09. The fourth-order valence-electron chi connectivity index (χ4n) is 5.08. The summed E-state index contributed by atoms with van der Waals surface area (Å²) in [4.78, 5) is 29.5. The number of amides is 1. The second-order valence-corrected chi connectivity index (χ2v) is 13.0. The first-order valence-electron chi connectivity index (χ1n) is 16.1. The van der Waals surface area contributed by atoms with Gasteiger partial charge >= 0.3 is 12.1 Å². The molecule has 1 fully saturated rings. The van der Waals surface area contributed by atoms with E-state index in [1.165, 1.54) is 7.11 Å². The van der Waals surface area contributed by atoms with Crippen LogP contribution in [-0.2, 0) is 20.8 Å². The quantitative estimate of drug-likeness (QED) is 0.101. The molecule has 1 heterocycles. The number of halogens is 1. The minimum atomic E-state index is -0.505. The Morgan fingerprint density at radius 1 is 0.913 bits per heavy atom. The van der Waals surface area contributed by atoms with Crippen molar-refractivity contribution in [1.29, 1.82) is 0 Å². The van der Waals surface area contributed by atoms with Crippen molar-refractivity contribution in [3.05, 3.63) is 53.6 Å². The number of hydrogen-bond donors (Lipinski definition) is 0. The molecule has 0 aliphatic carbocycles. The smallest absolute Gasteiger partial charge is 0.410 e. The van der Waals surface area contributed by atoms with Crippen LogP contribution in [0.25, 0.3) is 0 Å². The third-order valence-electron chi connectivity index (χ3n) is 7.46. The Morgan fingerprint density at radius 2 is 1.67 bits per heavy atom. The van der Waals surface area contributed by atoms with Gasteiger partial charge in [0.15, 0.2) is 11.5 Å². The molecule has 1 atom stereocenters. The van der Waals surface area contributed by atoms with Crippen LogP contribution in [0.1, 0.15) is 68.8 Å². The van der Waals surface area contributed by atoms with Crippen LogP contribution >= 0.6 is 15.9 Å². The van der Waals surface area contributed by atoms with Gasteiger partial charge in [-0.05, 0) is 77.1 Å². The molecule has 0 spiro atoms. The van der Waals surface area contributed by atoms with Gasteiger partial charge in [-0.1, -0.05) is 46.3 Å². The van der Waals surface area contributed by atoms with E-state index in [-0.39, 0.29) is 12.2 Å². The number of alkyl halides is 1. The van der Waals surface area contributed by atoms with E-state index in [9.17, 15) is 9.59 Å². The SMILES string of the molecule is COc1cc(C(=O)OCCCBr)cc(OCCCC(CCN2CCCN(C(=O)OC(C)(C)C)CC2)OCc2ccccc2)c1OC. The summed E-state index contributed by atoms with van der Waals surface area (Å²) in [6.07, 6.45) is 3.77. The summed E-state index contributed by atoms with van der Waals surface area (Å²) < 4.78 is 34.6. The highest BCUT2D eigenvalue weighted by Gasteiger charge is 2.25. The van der Waals surface area contributed by atoms with Gasteiger partial charge in [0.1, 0.15) is 5.60 Å². The summed E-state index contributed by atoms with van der Waals surface area (Å²) in [7, 11) is 3.07. The Labute approximate surface area is 282 Å². The third-order valence-corrected chi connectivity index (χ3v) is 8.02. The molecule has 0 saturated carbocycles. The summed E-state index contributed by atoms with van der Waals surface area (Å²) in [6.45, 7) is 10.9. The third kappa shape index (κ3) is 13.0. The van der Waals surface area contributed by atoms with E-state index in [1.54, 1.807) is 19.2 Å². The Kier molecular flexibility index (Phi) is 15.9. The fraction of sp³-hybridized carbons (Fsp3) is 0.600. The lowest BCUT2D eigenvalue weighted by atomic mass is 10.1. The molecule has 11 heteroatoms. The highest BCUT2D eigenvalue weighted by atomic mass is 79.9. The second-order valence-electron chi connectivity index (χ2n) is 12.2. The number of rotatable bonds is 17. The summed E-state index contributed by atoms with van der Waals surface area (Å²) >= 11 is 3.35. The van der Waals surface area contributed by atoms with Crippen LogP contribution in [0.15, 0.2) is 42.5 Å². The van der Waals surface area contributed by atoms with Gasteiger partial charge in [-0.2, -0.15) is 0 Å². The molecule has 0 N–H and O–H groups in total. The fourth-order valence-corrected chi connectivity index (χ4v) is 5.31. The van der Waals surface area contributed by atoms with Gasteiger partial charge in [0.05, 0.1) is 45.7 Å². The minimum absolute atomic E-state index is 0.0150. The first-order chi connectivity index (χ1) is 22.1. The van der Waals surface area contributed by atoms with E-state index in [0.29, 0.717) is 55.7 Å². The Balaban J connectivity index is 1.58. The van der Waals surface area contributed by atoms with Crippen molar-refractivity contribution < 1.29 is 38.0 Å². The monoisotopic (exact) mass is 706 g/mol. The average Bonchev–Trinajstić information content (AvgIpc) is 3.29. The second kappa shape index (κ2) is 19.6. The molecule has 1 saturated heterocycles. The van der Waals surface area contributed by atoms with E-state index in [0.717, 1.165) is 62.6 Å². The van der Waals surface area contributed by atoms with Gasteiger partial charge in [-0.15, -0.1) is 0 Å². The summed E-state index contributed by atoms with van der Waals surface area (Å²) in [5.74, 6) is 0.816. The van der Waals surface area contributed by atoms with E-state index < -0.39 is 11.6 Å². The lowest BCUT2D eigenvalue weighted by molar-refractivity contribution is 0.0184. The Hall–Kier alpha value is -3.02. The topological polar surface area (TPSA) is 96.0 Å². The van der Waals surface area contributed by atoms with Crippen LogP contribution in [0.5, 0.6) is 17.2 Å². The van der Waals surface area contributed by atoms with E-state index >= 15 is 0 Å². The zero-order chi connectivity index (χ0) is 33.4. The van der Waals surface area contributed by atoms with E-state index in [1.807, 2.05) is 43.9 Å². The maximum Gasteiger partial charge on any atom is 0.410 e. The number of esters is 1. The van der Waals surface area contributed by atoms with Gasteiger partial charge in [0, 0.05) is 31.5 Å². The highest BCUT2D eigenvalue weighted by Crippen LogP contribution is 2.39. The predicted octanol–water partition coefficient (Wildman–Crippen LogP) is 6.72. The maximum absolute atomic E-state index is 12.6. The van der Waals surface area contributed by atoms with Crippen molar-refractivity contribution in [1.82, 2.24) is 9.80 Å². The minimum Gasteiger partial charge on any atom is -0.493 e. The van der Waals surface area contributed by atoms with Crippen molar-refractivity contribution >= 4 is 28.0 Å². The Bertz CT molecular complexity index is 1210. The molecule has 256 valence electrons. The van der Waals surface area contributed by atoms with Gasteiger partial charge in [-0.25, -0.2) is 9.59 Å². The molecule has 2 aromatic carbocycles. The van der Waals surface area contributed by atoms with Crippen LogP contribution in [0, 0.1) is 0 Å². The van der Waals surface area contributed by atoms with Crippen LogP contribution in [0.3, 0.4) is 0 Å². The number of nitrogens with zero attached hydrogens (tertiary/aromatic N) is 2. The molecule has 1 amide bonds. The first kappa shape index (κ1) is 37.4. The number of benzene rings is 2. The van der Waals surface area contributed by atoms with E-state index in [2.05, 4.69) is 33.0 Å². The number of methoxy groups -OCH3 is 2. The predicted molar refractivity (Wildman–Crippen MR) is 181 cm³/mol. The maximum atomic E-state index is 12.6. The molecule has 1 unspecified atom stereocenters. The van der Waals surface area contributed by atoms with Gasteiger partial charge in [0.2, 0.25) is 5.75 Å². The molecule has 3 rings (SSSR count). The molecule has 0 bridgehead atoms. The first-order valence-corrected chi connectivity index (χ1v) is 17.2. The molecule has 2 aromatic rings. The van der Waals surface area contributed by atoms with Gasteiger partial charge < -0.3 is 38.2 Å². The standard InChI is InChI=1S/C35H51BrN2O8/c1-35(2,3)46-34(40)38-18-11-17-37(20-21-38)19-15-29(45-26-27-12-7-6-8-13-27)14-9-22-43-31-25-28(33(39)44-23-10-16-36)24-30(41-4)32(31)42-5/h6-8,12-13,24-25,29H,9-11,14-23,26H2,1-5H3. The molecule has 0 radical (unpaired) electrons. The number of carbonyl (C=O) groups is 2. The molecular weight excluding hydrogens is 656 g/mol. The van der Waals surface area contributed by atoms with Crippen LogP contribution < -0.4 is 14.2 Å². The van der Waals surface area contributed by atoms with E-state index in [4.69, 9.17) is 28.4 Å². The lowest BCUT2D eigenvalue weighted by Crippen LogP contribution is -2.39. The van der Waals surface area contributed by atoms with Crippen molar-refractivity contribution in [3.8, 4) is 17.2 Å². The number of hydrogen-bond acceptors (Lipinski definition) is 9. The molecule has 1 aliphatic heterocycles. The molecular formula is C35H51BrN2O8. The number of carbonyl (C=O) groups excluding carboxylic acids is 2. The molecule has 1 aliphatic rings. The van der Waals surface area contributed by atoms with Crippen molar-refractivity contribution in [2.24, 2.45) is 0 Å². The lowest BCUT2D eigenvalue weighted by Gasteiger charge is -2.27. The van der Waals surface area contributed by atoms with Crippen LogP contribution in [-0.4, -0.2) is 99.1 Å². The van der Waals surface area contributed by atoms with Crippen molar-refractivity contribution in [2.75, 3.05) is 65.5 Å². The summed E-state index contributed by atoms with van der Waals surface area (Å²) in [6, 6.07) is 13.4. The Morgan fingerprint density at radius 3 is 2.37 bits per heavy atom. The zero-order valence-electron chi connectivity index (χ0n) is 28.1. The van der Waals surface area contributed by atoms with Gasteiger partial charge in [-0.3, -0.25) is 0 Å².